The Bertz CT molecular complexity index is 1570. The van der Waals surface area contributed by atoms with E-state index >= 15 is 0 Å². The van der Waals surface area contributed by atoms with E-state index in [9.17, 15) is 35.1 Å². The third kappa shape index (κ3) is 41.5. The summed E-state index contributed by atoms with van der Waals surface area (Å²) in [7, 11) is 0. The Hall–Kier alpha value is -3.16. The zero-order valence-electron chi connectivity index (χ0n) is 49.1. The van der Waals surface area contributed by atoms with Crippen molar-refractivity contribution in [3.8, 4) is 0 Å². The first-order chi connectivity index (χ1) is 37.7. The van der Waals surface area contributed by atoms with Crippen molar-refractivity contribution in [2.45, 2.75) is 307 Å². The highest BCUT2D eigenvalue weighted by molar-refractivity contribution is 5.80. The van der Waals surface area contributed by atoms with Crippen LogP contribution in [0, 0.1) is 0 Å². The summed E-state index contributed by atoms with van der Waals surface area (Å²) in [6.45, 7) is 5.64. The predicted octanol–water partition coefficient (Wildman–Crippen LogP) is 14.9. The van der Waals surface area contributed by atoms with Crippen molar-refractivity contribution in [1.82, 2.24) is 5.32 Å². The average Bonchev–Trinajstić information content (AvgIpc) is 3.43. The molecule has 0 aromatic heterocycles. The van der Waals surface area contributed by atoms with Crippen molar-refractivity contribution in [2.24, 2.45) is 0 Å². The van der Waals surface area contributed by atoms with Gasteiger partial charge in [0, 0.05) is 6.42 Å². The maximum absolute atomic E-state index is 13.4. The molecule has 0 radical (unpaired) electrons. The topological polar surface area (TPSA) is 175 Å². The van der Waals surface area contributed by atoms with Crippen LogP contribution < -0.4 is 5.32 Å². The number of hydrogen-bond donors (Lipinski definition) is 6. The number of nitrogens with one attached hydrogen (secondary N) is 1. The molecule has 0 spiro atoms. The number of hydrogen-bond acceptors (Lipinski definition) is 10. The zero-order valence-corrected chi connectivity index (χ0v) is 49.1. The summed E-state index contributed by atoms with van der Waals surface area (Å²) in [5, 5.41) is 57.0. The van der Waals surface area contributed by atoms with E-state index in [1.54, 1.807) is 6.08 Å². The number of ether oxygens (including phenoxy) is 3. The molecule has 1 aliphatic heterocycles. The van der Waals surface area contributed by atoms with Crippen LogP contribution in [0.5, 0.6) is 0 Å². The second kappa shape index (κ2) is 53.5. The van der Waals surface area contributed by atoms with Crippen LogP contribution in [-0.2, 0) is 23.8 Å². The number of rotatable bonds is 52. The molecule has 8 unspecified atom stereocenters. The maximum Gasteiger partial charge on any atom is 0.306 e. The average molecular weight is 1080 g/mol. The summed E-state index contributed by atoms with van der Waals surface area (Å²) in [6, 6.07) is -1.04. The summed E-state index contributed by atoms with van der Waals surface area (Å²) >= 11 is 0. The molecule has 444 valence electrons. The lowest BCUT2D eigenvalue weighted by atomic mass is 9.99. The number of carbonyl (C=O) groups is 2. The molecular weight excluding hydrogens is 967 g/mol. The van der Waals surface area contributed by atoms with Crippen molar-refractivity contribution in [1.29, 1.82) is 0 Å². The zero-order chi connectivity index (χ0) is 56.1. The van der Waals surface area contributed by atoms with Crippen LogP contribution in [0.3, 0.4) is 0 Å². The number of allylic oxidation sites excluding steroid dienone is 13. The minimum absolute atomic E-state index is 0.110. The van der Waals surface area contributed by atoms with Crippen LogP contribution in [0.2, 0.25) is 0 Å². The van der Waals surface area contributed by atoms with Gasteiger partial charge in [-0.1, -0.05) is 241 Å². The van der Waals surface area contributed by atoms with Crippen molar-refractivity contribution < 1.29 is 49.3 Å². The van der Waals surface area contributed by atoms with Gasteiger partial charge in [0.1, 0.15) is 24.4 Å². The van der Waals surface area contributed by atoms with E-state index in [0.29, 0.717) is 12.8 Å². The molecule has 1 saturated heterocycles. The molecular formula is C66H115NO10. The standard InChI is InChI=1S/C66H115NO10/c1-4-7-10-13-16-19-22-25-27-28-29-30-31-32-33-34-35-38-41-44-47-50-53-59(70)65(74)67-57(58(69)52-49-46-43-40-37-24-21-18-15-12-9-6-3)56-75-66-64(63(73)62(72)60(55-68)76-66)77-61(71)54-51-48-45-42-39-36-26-23-20-17-14-11-8-5-2/h8,11,16-17,19-20,25,27,29-30,32-33,49,52,57-60,62-64,66,68-70,72-73H,4-7,9-10,12-15,18,21-24,26,28,31,34-48,50-51,53-56H2,1-3H3,(H,67,74)/b11-8+,19-16-,20-17+,27-25-,30-29-,33-32-,52-49+. The van der Waals surface area contributed by atoms with Gasteiger partial charge in [-0.3, -0.25) is 9.59 Å². The van der Waals surface area contributed by atoms with Gasteiger partial charge in [-0.05, 0) is 96.3 Å². The maximum atomic E-state index is 13.4. The first kappa shape index (κ1) is 71.9. The van der Waals surface area contributed by atoms with Crippen molar-refractivity contribution in [3.05, 3.63) is 85.1 Å². The van der Waals surface area contributed by atoms with Crippen LogP contribution in [0.4, 0.5) is 0 Å². The first-order valence-corrected chi connectivity index (χ1v) is 31.4. The molecule has 1 heterocycles. The van der Waals surface area contributed by atoms with Gasteiger partial charge >= 0.3 is 5.97 Å². The normalized spacial score (nSPS) is 19.6. The van der Waals surface area contributed by atoms with E-state index in [1.165, 1.54) is 83.5 Å². The molecule has 1 amide bonds. The number of aliphatic hydroxyl groups excluding tert-OH is 5. The van der Waals surface area contributed by atoms with Crippen LogP contribution in [-0.4, -0.2) is 99.6 Å². The summed E-state index contributed by atoms with van der Waals surface area (Å²) in [6.07, 6.45) is 59.0. The second-order valence-corrected chi connectivity index (χ2v) is 21.4. The molecule has 1 aliphatic rings. The van der Waals surface area contributed by atoms with E-state index in [-0.39, 0.29) is 19.4 Å². The summed E-state index contributed by atoms with van der Waals surface area (Å²) in [5.41, 5.74) is 0. The number of aliphatic hydroxyl groups is 5. The van der Waals surface area contributed by atoms with E-state index in [1.807, 2.05) is 6.08 Å². The fraction of sp³-hybridized carbons (Fsp3) is 0.758. The smallest absolute Gasteiger partial charge is 0.306 e. The lowest BCUT2D eigenvalue weighted by Gasteiger charge is -2.41. The molecule has 8 atom stereocenters. The minimum Gasteiger partial charge on any atom is -0.454 e. The molecule has 11 heteroatoms. The number of esters is 1. The molecule has 6 N–H and O–H groups in total. The summed E-state index contributed by atoms with van der Waals surface area (Å²) in [4.78, 5) is 26.5. The molecule has 11 nitrogen and oxygen atoms in total. The SMILES string of the molecule is CC/C=C/C/C=C/CCCCCCCCCC(=O)OC1C(OCC(NC(=O)C(O)CCCCCCCC/C=C\C/C=C\C/C=C\C/C=C\CCCCC)C(O)/C=C/CCCCCCCCCCCC)OC(CO)C(O)C1O. The molecule has 1 fully saturated rings. The Labute approximate surface area is 470 Å². The molecule has 0 aliphatic carbocycles. The van der Waals surface area contributed by atoms with Gasteiger partial charge in [-0.15, -0.1) is 0 Å². The Morgan fingerprint density at radius 3 is 1.43 bits per heavy atom. The molecule has 0 bridgehead atoms. The van der Waals surface area contributed by atoms with Gasteiger partial charge in [0.15, 0.2) is 12.4 Å². The molecule has 0 aromatic rings. The van der Waals surface area contributed by atoms with Crippen LogP contribution >= 0.6 is 0 Å². The van der Waals surface area contributed by atoms with E-state index in [4.69, 9.17) is 14.2 Å². The number of amides is 1. The van der Waals surface area contributed by atoms with E-state index in [0.717, 1.165) is 128 Å². The molecule has 0 aromatic carbocycles. The Morgan fingerprint density at radius 2 is 0.935 bits per heavy atom. The van der Waals surface area contributed by atoms with Crippen LogP contribution in [0.1, 0.15) is 258 Å². The third-order valence-corrected chi connectivity index (χ3v) is 14.3. The monoisotopic (exact) mass is 1080 g/mol. The van der Waals surface area contributed by atoms with E-state index in [2.05, 4.69) is 99.0 Å². The van der Waals surface area contributed by atoms with Gasteiger partial charge in [0.05, 0.1) is 25.4 Å². The summed E-state index contributed by atoms with van der Waals surface area (Å²) < 4.78 is 17.6. The van der Waals surface area contributed by atoms with Crippen molar-refractivity contribution >= 4 is 11.9 Å². The number of carbonyl (C=O) groups excluding carboxylic acids is 2. The predicted molar refractivity (Wildman–Crippen MR) is 319 cm³/mol. The lowest BCUT2D eigenvalue weighted by molar-refractivity contribution is -0.305. The van der Waals surface area contributed by atoms with Crippen molar-refractivity contribution in [3.63, 3.8) is 0 Å². The fourth-order valence-corrected chi connectivity index (χ4v) is 9.32. The minimum atomic E-state index is -1.62. The van der Waals surface area contributed by atoms with Gasteiger partial charge in [-0.2, -0.15) is 0 Å². The van der Waals surface area contributed by atoms with Gasteiger partial charge in [0.2, 0.25) is 5.91 Å². The lowest BCUT2D eigenvalue weighted by Crippen LogP contribution is -2.61. The number of unbranched alkanes of at least 4 members (excludes halogenated alkanes) is 26. The first-order valence-electron chi connectivity index (χ1n) is 31.4. The third-order valence-electron chi connectivity index (χ3n) is 14.3. The van der Waals surface area contributed by atoms with Crippen LogP contribution in [0.15, 0.2) is 85.1 Å². The fourth-order valence-electron chi connectivity index (χ4n) is 9.32. The second-order valence-electron chi connectivity index (χ2n) is 21.4. The summed E-state index contributed by atoms with van der Waals surface area (Å²) in [5.74, 6) is -1.22. The van der Waals surface area contributed by atoms with E-state index < -0.39 is 67.4 Å². The highest BCUT2D eigenvalue weighted by Gasteiger charge is 2.47. The quantitative estimate of drug-likeness (QED) is 0.0195. The molecule has 77 heavy (non-hydrogen) atoms. The molecule has 1 rings (SSSR count). The molecule has 0 saturated carbocycles. The highest BCUT2D eigenvalue weighted by atomic mass is 16.7. The van der Waals surface area contributed by atoms with Crippen LogP contribution in [0.25, 0.3) is 0 Å². The highest BCUT2D eigenvalue weighted by Crippen LogP contribution is 2.26. The van der Waals surface area contributed by atoms with Gasteiger partial charge in [-0.25, -0.2) is 0 Å². The van der Waals surface area contributed by atoms with Crippen molar-refractivity contribution in [2.75, 3.05) is 13.2 Å². The Kier molecular flexibility index (Phi) is 49.9. The van der Waals surface area contributed by atoms with Gasteiger partial charge in [0.25, 0.3) is 0 Å². The Morgan fingerprint density at radius 1 is 0.519 bits per heavy atom. The van der Waals surface area contributed by atoms with Gasteiger partial charge < -0.3 is 45.1 Å². The largest absolute Gasteiger partial charge is 0.454 e. The Balaban J connectivity index is 2.68.